The molecular weight excluding hydrogens is 330 g/mol. The third-order valence-corrected chi connectivity index (χ3v) is 5.25. The fourth-order valence-electron chi connectivity index (χ4n) is 3.58. The summed E-state index contributed by atoms with van der Waals surface area (Å²) in [5, 5.41) is 3.17. The van der Waals surface area contributed by atoms with E-state index in [2.05, 4.69) is 39.4 Å². The summed E-state index contributed by atoms with van der Waals surface area (Å²) in [6, 6.07) is 6.34. The lowest BCUT2D eigenvalue weighted by Gasteiger charge is -2.38. The smallest absolute Gasteiger partial charge is 0.133 e. The molecule has 1 N–H and O–H groups in total. The first-order valence-corrected chi connectivity index (χ1v) is 8.74. The third kappa shape index (κ3) is 3.61. The quantitative estimate of drug-likeness (QED) is 0.885. The second-order valence-corrected chi connectivity index (χ2v) is 7.12. The van der Waals surface area contributed by atoms with Crippen molar-refractivity contribution >= 4 is 15.9 Å². The molecule has 0 bridgehead atoms. The molecule has 1 spiro atoms. The predicted octanol–water partition coefficient (Wildman–Crippen LogP) is 4.04. The van der Waals surface area contributed by atoms with E-state index in [9.17, 15) is 0 Å². The van der Waals surface area contributed by atoms with Crippen molar-refractivity contribution in [1.29, 1.82) is 0 Å². The lowest BCUT2D eigenvalue weighted by atomic mass is 9.90. The summed E-state index contributed by atoms with van der Waals surface area (Å²) in [6.07, 6.45) is 7.32. The van der Waals surface area contributed by atoms with Gasteiger partial charge >= 0.3 is 0 Å². The van der Waals surface area contributed by atoms with Gasteiger partial charge < -0.3 is 14.8 Å². The van der Waals surface area contributed by atoms with Crippen LogP contribution in [0, 0.1) is 0 Å². The Labute approximate surface area is 135 Å². The first-order chi connectivity index (χ1) is 10.2. The van der Waals surface area contributed by atoms with Gasteiger partial charge in [-0.05, 0) is 53.5 Å². The molecule has 116 valence electrons. The molecule has 1 heterocycles. The molecule has 1 aromatic carbocycles. The number of halogens is 1. The maximum atomic E-state index is 6.26. The fourth-order valence-corrected chi connectivity index (χ4v) is 4.10. The molecule has 4 heteroatoms. The van der Waals surface area contributed by atoms with Gasteiger partial charge in [-0.15, -0.1) is 0 Å². The molecule has 21 heavy (non-hydrogen) atoms. The van der Waals surface area contributed by atoms with Crippen LogP contribution in [0.2, 0.25) is 0 Å². The number of nitrogens with one attached hydrogen (secondary N) is 1. The Kier molecular flexibility index (Phi) is 4.87. The molecule has 1 unspecified atom stereocenters. The SMILES string of the molecule is CNCc1ccc(OC2CCOC3(CCCC3)C2)c(Br)c1. The van der Waals surface area contributed by atoms with Gasteiger partial charge in [-0.25, -0.2) is 0 Å². The van der Waals surface area contributed by atoms with E-state index < -0.39 is 0 Å². The molecule has 1 saturated carbocycles. The molecule has 2 fully saturated rings. The Morgan fingerprint density at radius 2 is 2.19 bits per heavy atom. The molecule has 1 aromatic rings. The molecule has 1 aliphatic heterocycles. The van der Waals surface area contributed by atoms with Gasteiger partial charge in [-0.2, -0.15) is 0 Å². The van der Waals surface area contributed by atoms with Crippen molar-refractivity contribution in [3.8, 4) is 5.75 Å². The highest BCUT2D eigenvalue weighted by Crippen LogP contribution is 2.41. The Morgan fingerprint density at radius 3 is 2.90 bits per heavy atom. The van der Waals surface area contributed by atoms with E-state index in [1.54, 1.807) is 0 Å². The topological polar surface area (TPSA) is 30.5 Å². The molecule has 0 amide bonds. The van der Waals surface area contributed by atoms with E-state index in [1.165, 1.54) is 31.2 Å². The van der Waals surface area contributed by atoms with Gasteiger partial charge in [-0.3, -0.25) is 0 Å². The van der Waals surface area contributed by atoms with Crippen molar-refractivity contribution < 1.29 is 9.47 Å². The van der Waals surface area contributed by atoms with Gasteiger partial charge in [0.1, 0.15) is 11.9 Å². The van der Waals surface area contributed by atoms with Crippen LogP contribution in [-0.4, -0.2) is 25.4 Å². The zero-order valence-electron chi connectivity index (χ0n) is 12.7. The molecule has 1 saturated heterocycles. The van der Waals surface area contributed by atoms with Gasteiger partial charge in [0.2, 0.25) is 0 Å². The van der Waals surface area contributed by atoms with E-state index in [4.69, 9.17) is 9.47 Å². The molecular formula is C17H24BrNO2. The number of hydrogen-bond donors (Lipinski definition) is 1. The van der Waals surface area contributed by atoms with E-state index in [1.807, 2.05) is 7.05 Å². The molecule has 2 aliphatic rings. The van der Waals surface area contributed by atoms with Crippen LogP contribution in [0.4, 0.5) is 0 Å². The summed E-state index contributed by atoms with van der Waals surface area (Å²) in [5.41, 5.74) is 1.37. The van der Waals surface area contributed by atoms with Gasteiger partial charge in [0.25, 0.3) is 0 Å². The molecule has 1 atom stereocenters. The first kappa shape index (κ1) is 15.3. The van der Waals surface area contributed by atoms with E-state index in [0.29, 0.717) is 0 Å². The van der Waals surface area contributed by atoms with Gasteiger partial charge in [0, 0.05) is 19.4 Å². The van der Waals surface area contributed by atoms with Crippen molar-refractivity contribution in [2.75, 3.05) is 13.7 Å². The Balaban J connectivity index is 1.65. The van der Waals surface area contributed by atoms with Crippen LogP contribution in [0.3, 0.4) is 0 Å². The summed E-state index contributed by atoms with van der Waals surface area (Å²) in [6.45, 7) is 1.71. The predicted molar refractivity (Wildman–Crippen MR) is 87.7 cm³/mol. The normalized spacial score (nSPS) is 24.4. The van der Waals surface area contributed by atoms with Crippen molar-refractivity contribution in [3.63, 3.8) is 0 Å². The Hall–Kier alpha value is -0.580. The molecule has 1 aliphatic carbocycles. The average molecular weight is 354 g/mol. The van der Waals surface area contributed by atoms with Crippen LogP contribution in [0.1, 0.15) is 44.1 Å². The number of benzene rings is 1. The van der Waals surface area contributed by atoms with Crippen LogP contribution in [-0.2, 0) is 11.3 Å². The van der Waals surface area contributed by atoms with Crippen LogP contribution in [0.5, 0.6) is 5.75 Å². The molecule has 3 nitrogen and oxygen atoms in total. The highest BCUT2D eigenvalue weighted by molar-refractivity contribution is 9.10. The average Bonchev–Trinajstić information content (AvgIpc) is 2.90. The molecule has 0 aromatic heterocycles. The second-order valence-electron chi connectivity index (χ2n) is 6.27. The first-order valence-electron chi connectivity index (χ1n) is 7.94. The van der Waals surface area contributed by atoms with Crippen molar-refractivity contribution in [1.82, 2.24) is 5.32 Å². The molecule has 3 rings (SSSR count). The lowest BCUT2D eigenvalue weighted by molar-refractivity contribution is -0.108. The van der Waals surface area contributed by atoms with Crippen molar-refractivity contribution in [2.24, 2.45) is 0 Å². The third-order valence-electron chi connectivity index (χ3n) is 4.63. The Bertz CT molecular complexity index is 486. The standard InChI is InChI=1S/C17H24BrNO2/c1-19-12-13-4-5-16(15(18)10-13)21-14-6-9-20-17(11-14)7-2-3-8-17/h4-5,10,14,19H,2-3,6-9,11-12H2,1H3. The molecule has 0 radical (unpaired) electrons. The zero-order chi connectivity index (χ0) is 14.7. The van der Waals surface area contributed by atoms with E-state index >= 15 is 0 Å². The minimum atomic E-state index is 0.113. The maximum absolute atomic E-state index is 6.26. The second kappa shape index (κ2) is 6.67. The Morgan fingerprint density at radius 1 is 1.38 bits per heavy atom. The van der Waals surface area contributed by atoms with Crippen LogP contribution in [0.15, 0.2) is 22.7 Å². The number of rotatable bonds is 4. The van der Waals surface area contributed by atoms with Crippen LogP contribution in [0.25, 0.3) is 0 Å². The fraction of sp³-hybridized carbons (Fsp3) is 0.647. The van der Waals surface area contributed by atoms with Crippen molar-refractivity contribution in [3.05, 3.63) is 28.2 Å². The highest BCUT2D eigenvalue weighted by atomic mass is 79.9. The largest absolute Gasteiger partial charge is 0.489 e. The van der Waals surface area contributed by atoms with Crippen LogP contribution < -0.4 is 10.1 Å². The maximum Gasteiger partial charge on any atom is 0.133 e. The minimum Gasteiger partial charge on any atom is -0.489 e. The summed E-state index contributed by atoms with van der Waals surface area (Å²) in [5.74, 6) is 0.954. The van der Waals surface area contributed by atoms with Gasteiger partial charge in [-0.1, -0.05) is 18.9 Å². The van der Waals surface area contributed by atoms with E-state index in [0.717, 1.165) is 36.2 Å². The summed E-state index contributed by atoms with van der Waals surface area (Å²) in [7, 11) is 1.96. The number of ether oxygens (including phenoxy) is 2. The summed E-state index contributed by atoms with van der Waals surface area (Å²) < 4.78 is 13.4. The summed E-state index contributed by atoms with van der Waals surface area (Å²) in [4.78, 5) is 0. The summed E-state index contributed by atoms with van der Waals surface area (Å²) >= 11 is 3.63. The zero-order valence-corrected chi connectivity index (χ0v) is 14.2. The van der Waals surface area contributed by atoms with Gasteiger partial charge in [0.15, 0.2) is 0 Å². The highest BCUT2D eigenvalue weighted by Gasteiger charge is 2.40. The monoisotopic (exact) mass is 353 g/mol. The van der Waals surface area contributed by atoms with Crippen LogP contribution >= 0.6 is 15.9 Å². The minimum absolute atomic E-state index is 0.113. The lowest BCUT2D eigenvalue weighted by Crippen LogP contribution is -2.41. The van der Waals surface area contributed by atoms with Gasteiger partial charge in [0.05, 0.1) is 16.7 Å². The number of hydrogen-bond acceptors (Lipinski definition) is 3. The van der Waals surface area contributed by atoms with E-state index in [-0.39, 0.29) is 11.7 Å². The van der Waals surface area contributed by atoms with Crippen molar-refractivity contribution in [2.45, 2.75) is 56.8 Å².